The fourth-order valence-corrected chi connectivity index (χ4v) is 4.24. The van der Waals surface area contributed by atoms with Crippen molar-refractivity contribution in [1.82, 2.24) is 29.2 Å². The maximum Gasteiger partial charge on any atom is 0.324 e. The quantitative estimate of drug-likeness (QED) is 0.316. The summed E-state index contributed by atoms with van der Waals surface area (Å²) in [6.45, 7) is 9.13. The van der Waals surface area contributed by atoms with Gasteiger partial charge in [0, 0.05) is 49.3 Å². The number of fused-ring (bicyclic) bond motifs is 1. The summed E-state index contributed by atoms with van der Waals surface area (Å²) in [5.41, 5.74) is 2.07. The molecule has 212 valence electrons. The molecule has 0 fully saturated rings. The smallest absolute Gasteiger partial charge is 0.324 e. The number of benzene rings is 1. The largest absolute Gasteiger partial charge is 0.357 e. The Morgan fingerprint density at radius 1 is 1.10 bits per heavy atom. The number of amides is 2. The van der Waals surface area contributed by atoms with Gasteiger partial charge < -0.3 is 15.5 Å². The Balaban J connectivity index is 1.66. The molecule has 3 heterocycles. The molecule has 0 spiro atoms. The molecular weight excluding hydrogens is 513 g/mol. The maximum absolute atomic E-state index is 15.0. The number of carbonyl (C=O) groups is 1. The molecule has 0 unspecified atom stereocenters. The number of likely N-dealkylation sites (N-methyl/N-ethyl adjacent to an activating group) is 1. The number of aromatic nitrogens is 5. The molecule has 0 aliphatic rings. The predicted molar refractivity (Wildman–Crippen MR) is 157 cm³/mol. The van der Waals surface area contributed by atoms with Crippen LogP contribution in [0, 0.1) is 12.7 Å². The van der Waals surface area contributed by atoms with E-state index < -0.39 is 11.8 Å². The Bertz CT molecular complexity index is 1630. The van der Waals surface area contributed by atoms with Gasteiger partial charge in [-0.1, -0.05) is 20.8 Å². The van der Waals surface area contributed by atoms with E-state index in [9.17, 15) is 9.59 Å². The molecule has 40 heavy (non-hydrogen) atoms. The number of urea groups is 1. The molecule has 4 rings (SSSR count). The monoisotopic (exact) mass is 549 g/mol. The topological polar surface area (TPSA) is 122 Å². The number of carbonyl (C=O) groups excluding carboxylic acids is 1. The zero-order chi connectivity index (χ0) is 29.4. The van der Waals surface area contributed by atoms with Crippen LogP contribution in [-0.4, -0.2) is 62.9 Å². The fourth-order valence-electron chi connectivity index (χ4n) is 4.24. The lowest BCUT2D eigenvalue weighted by molar-refractivity contribution is 0.261. The van der Waals surface area contributed by atoms with Crippen molar-refractivity contribution in [2.75, 3.05) is 43.6 Å². The highest BCUT2D eigenvalue weighted by atomic mass is 19.1. The number of rotatable bonds is 7. The highest BCUT2D eigenvalue weighted by Gasteiger charge is 2.22. The van der Waals surface area contributed by atoms with Crippen LogP contribution in [0.5, 0.6) is 0 Å². The summed E-state index contributed by atoms with van der Waals surface area (Å²) >= 11 is 0. The van der Waals surface area contributed by atoms with Crippen LogP contribution < -0.4 is 21.5 Å². The summed E-state index contributed by atoms with van der Waals surface area (Å²) in [7, 11) is 7.24. The molecule has 0 saturated heterocycles. The van der Waals surface area contributed by atoms with Crippen LogP contribution in [0.4, 0.5) is 26.6 Å². The highest BCUT2D eigenvalue weighted by molar-refractivity contribution is 6.00. The lowest BCUT2D eigenvalue weighted by Gasteiger charge is -2.15. The molecule has 12 heteroatoms. The predicted octanol–water partition coefficient (Wildman–Crippen LogP) is 4.18. The van der Waals surface area contributed by atoms with Gasteiger partial charge in [0.2, 0.25) is 5.95 Å². The van der Waals surface area contributed by atoms with Crippen LogP contribution in [0.15, 0.2) is 35.3 Å². The van der Waals surface area contributed by atoms with Gasteiger partial charge in [-0.15, -0.1) is 0 Å². The van der Waals surface area contributed by atoms with Crippen LogP contribution in [0.25, 0.3) is 22.2 Å². The van der Waals surface area contributed by atoms with E-state index >= 15 is 4.39 Å². The van der Waals surface area contributed by atoms with Crippen molar-refractivity contribution in [2.45, 2.75) is 39.7 Å². The van der Waals surface area contributed by atoms with Crippen LogP contribution in [0.2, 0.25) is 0 Å². The number of nitrogens with one attached hydrogen (secondary N) is 3. The minimum absolute atomic E-state index is 0.0579. The van der Waals surface area contributed by atoms with Crippen molar-refractivity contribution in [3.63, 3.8) is 0 Å². The minimum atomic E-state index is -0.625. The van der Waals surface area contributed by atoms with Crippen molar-refractivity contribution in [1.29, 1.82) is 0 Å². The van der Waals surface area contributed by atoms with Gasteiger partial charge in [-0.25, -0.2) is 18.9 Å². The molecule has 2 amide bonds. The summed E-state index contributed by atoms with van der Waals surface area (Å²) in [6, 6.07) is 5.65. The molecule has 0 saturated carbocycles. The van der Waals surface area contributed by atoms with E-state index in [1.165, 1.54) is 16.7 Å². The SMILES string of the molecule is CNc1ncc2cc(-c3cc(NC(=O)Nc4cc(C(C)(C)C)nn4CCN(C)C)c(F)cc3C)c(=O)n(C)c2n1. The van der Waals surface area contributed by atoms with E-state index in [1.54, 1.807) is 38.0 Å². The molecular formula is C28H36FN9O2. The Hall–Kier alpha value is -4.32. The van der Waals surface area contributed by atoms with Crippen molar-refractivity contribution in [3.05, 3.63) is 57.9 Å². The van der Waals surface area contributed by atoms with E-state index in [0.29, 0.717) is 46.0 Å². The Kier molecular flexibility index (Phi) is 7.92. The molecule has 11 nitrogen and oxygen atoms in total. The van der Waals surface area contributed by atoms with Crippen LogP contribution in [0.1, 0.15) is 32.0 Å². The normalized spacial score (nSPS) is 11.8. The third kappa shape index (κ3) is 5.96. The zero-order valence-corrected chi connectivity index (χ0v) is 24.2. The zero-order valence-electron chi connectivity index (χ0n) is 24.2. The first kappa shape index (κ1) is 28.7. The molecule has 0 bridgehead atoms. The average molecular weight is 550 g/mol. The highest BCUT2D eigenvalue weighted by Crippen LogP contribution is 2.29. The first-order valence-electron chi connectivity index (χ1n) is 12.9. The van der Waals surface area contributed by atoms with Gasteiger partial charge >= 0.3 is 6.03 Å². The lowest BCUT2D eigenvalue weighted by atomic mass is 9.92. The second kappa shape index (κ2) is 11.0. The summed E-state index contributed by atoms with van der Waals surface area (Å²) in [5.74, 6) is 0.275. The van der Waals surface area contributed by atoms with Crippen molar-refractivity contribution in [2.24, 2.45) is 7.05 Å². The molecule has 4 aromatic rings. The Morgan fingerprint density at radius 3 is 2.48 bits per heavy atom. The van der Waals surface area contributed by atoms with Gasteiger partial charge in [-0.2, -0.15) is 10.1 Å². The Labute approximate surface area is 232 Å². The van der Waals surface area contributed by atoms with Crippen LogP contribution in [-0.2, 0) is 19.0 Å². The molecule has 0 aliphatic carbocycles. The van der Waals surface area contributed by atoms with Gasteiger partial charge in [-0.05, 0) is 50.3 Å². The van der Waals surface area contributed by atoms with Crippen LogP contribution >= 0.6 is 0 Å². The van der Waals surface area contributed by atoms with Gasteiger partial charge in [0.15, 0.2) is 0 Å². The molecule has 3 aromatic heterocycles. The molecule has 3 N–H and O–H groups in total. The van der Waals surface area contributed by atoms with Crippen molar-refractivity contribution in [3.8, 4) is 11.1 Å². The lowest BCUT2D eigenvalue weighted by Crippen LogP contribution is -2.25. The van der Waals surface area contributed by atoms with E-state index in [4.69, 9.17) is 0 Å². The van der Waals surface area contributed by atoms with Gasteiger partial charge in [0.05, 0.1) is 17.9 Å². The summed E-state index contributed by atoms with van der Waals surface area (Å²) in [5, 5.41) is 13.6. The fraction of sp³-hybridized carbons (Fsp3) is 0.393. The number of hydrogen-bond donors (Lipinski definition) is 3. The van der Waals surface area contributed by atoms with Gasteiger partial charge in [-0.3, -0.25) is 14.7 Å². The average Bonchev–Trinajstić information content (AvgIpc) is 3.29. The maximum atomic E-state index is 15.0. The molecule has 0 radical (unpaired) electrons. The van der Waals surface area contributed by atoms with E-state index in [-0.39, 0.29) is 16.7 Å². The van der Waals surface area contributed by atoms with Crippen molar-refractivity contribution >= 4 is 34.5 Å². The number of anilines is 3. The Morgan fingerprint density at radius 2 is 1.82 bits per heavy atom. The minimum Gasteiger partial charge on any atom is -0.357 e. The number of nitrogens with zero attached hydrogens (tertiary/aromatic N) is 6. The second-order valence-corrected chi connectivity index (χ2v) is 11.1. The van der Waals surface area contributed by atoms with E-state index in [0.717, 1.165) is 12.2 Å². The number of pyridine rings is 1. The third-order valence-electron chi connectivity index (χ3n) is 6.57. The molecule has 0 aliphatic heterocycles. The summed E-state index contributed by atoms with van der Waals surface area (Å²) < 4.78 is 18.2. The van der Waals surface area contributed by atoms with Gasteiger partial charge in [0.25, 0.3) is 5.56 Å². The second-order valence-electron chi connectivity index (χ2n) is 11.1. The van der Waals surface area contributed by atoms with E-state index in [2.05, 4.69) is 31.0 Å². The summed E-state index contributed by atoms with van der Waals surface area (Å²) in [4.78, 5) is 37.0. The molecule has 1 aromatic carbocycles. The third-order valence-corrected chi connectivity index (χ3v) is 6.57. The number of aryl methyl sites for hydroxylation is 2. The van der Waals surface area contributed by atoms with Gasteiger partial charge in [0.1, 0.15) is 17.3 Å². The first-order chi connectivity index (χ1) is 18.8. The van der Waals surface area contributed by atoms with Crippen LogP contribution in [0.3, 0.4) is 0 Å². The molecule has 0 atom stereocenters. The number of halogens is 1. The first-order valence-corrected chi connectivity index (χ1v) is 12.9. The van der Waals surface area contributed by atoms with E-state index in [1.807, 2.05) is 45.8 Å². The standard InChI is InChI=1S/C28H36FN9O2/c1-16-11-20(29)21(13-18(16)19-12-17-15-31-26(30-5)34-24(17)37(8)25(19)39)32-27(40)33-23-14-22(28(2,3)4)35-38(23)10-9-36(6)7/h11-15H,9-10H2,1-8H3,(H,30,31,34)(H2,32,33,40). The summed E-state index contributed by atoms with van der Waals surface area (Å²) in [6.07, 6.45) is 1.62. The number of hydrogen-bond acceptors (Lipinski definition) is 7. The van der Waals surface area contributed by atoms with Crippen molar-refractivity contribution < 1.29 is 9.18 Å².